The van der Waals surface area contributed by atoms with Crippen LogP contribution in [0.25, 0.3) is 0 Å². The summed E-state index contributed by atoms with van der Waals surface area (Å²) in [6, 6.07) is 7.57. The van der Waals surface area contributed by atoms with Gasteiger partial charge in [0.05, 0.1) is 28.1 Å². The van der Waals surface area contributed by atoms with Crippen molar-refractivity contribution in [1.29, 1.82) is 0 Å². The van der Waals surface area contributed by atoms with E-state index in [0.29, 0.717) is 6.54 Å². The molecule has 1 aliphatic rings. The highest BCUT2D eigenvalue weighted by Crippen LogP contribution is 2.33. The van der Waals surface area contributed by atoms with E-state index in [1.165, 1.54) is 0 Å². The van der Waals surface area contributed by atoms with E-state index >= 15 is 0 Å². The number of carbonyl (C=O) groups excluding carboxylic acids is 1. The summed E-state index contributed by atoms with van der Waals surface area (Å²) in [4.78, 5) is 13.9. The van der Waals surface area contributed by atoms with Crippen molar-refractivity contribution in [3.8, 4) is 5.75 Å². The zero-order chi connectivity index (χ0) is 14.3. The van der Waals surface area contributed by atoms with E-state index in [4.69, 9.17) is 4.74 Å². The second-order valence-corrected chi connectivity index (χ2v) is 5.50. The Kier molecular flexibility index (Phi) is 3.25. The fourth-order valence-electron chi connectivity index (χ4n) is 2.33. The van der Waals surface area contributed by atoms with Crippen LogP contribution in [0.5, 0.6) is 5.75 Å². The molecule has 6 heteroatoms. The Hall–Kier alpha value is -1.82. The van der Waals surface area contributed by atoms with E-state index in [2.05, 4.69) is 21.0 Å². The molecule has 1 aromatic heterocycles. The van der Waals surface area contributed by atoms with Crippen LogP contribution in [0, 0.1) is 6.92 Å². The van der Waals surface area contributed by atoms with Gasteiger partial charge in [0.15, 0.2) is 6.61 Å². The molecular weight excluding hydrogens is 322 g/mol. The maximum atomic E-state index is 12.1. The van der Waals surface area contributed by atoms with Gasteiger partial charge in [-0.25, -0.2) is 0 Å². The predicted molar refractivity (Wildman–Crippen MR) is 78.8 cm³/mol. The first kappa shape index (κ1) is 13.2. The number of nitrogens with zero attached hydrogens (tertiary/aromatic N) is 3. The van der Waals surface area contributed by atoms with Crippen LogP contribution in [0.15, 0.2) is 28.7 Å². The molecule has 3 rings (SSSR count). The molecule has 0 saturated carbocycles. The molecule has 0 N–H and O–H groups in total. The molecule has 0 saturated heterocycles. The lowest BCUT2D eigenvalue weighted by molar-refractivity contribution is -0.121. The number of aromatic nitrogens is 2. The monoisotopic (exact) mass is 335 g/mol. The molecule has 0 aliphatic carbocycles. The van der Waals surface area contributed by atoms with Crippen molar-refractivity contribution in [2.75, 3.05) is 11.5 Å². The fourth-order valence-corrected chi connectivity index (χ4v) is 2.79. The van der Waals surface area contributed by atoms with Crippen LogP contribution >= 0.6 is 15.9 Å². The van der Waals surface area contributed by atoms with Gasteiger partial charge < -0.3 is 4.74 Å². The second kappa shape index (κ2) is 4.94. The zero-order valence-electron chi connectivity index (χ0n) is 11.3. The number of halogens is 1. The Labute approximate surface area is 125 Å². The number of ether oxygens (including phenoxy) is 1. The summed E-state index contributed by atoms with van der Waals surface area (Å²) in [5.74, 6) is 0.691. The lowest BCUT2D eigenvalue weighted by Crippen LogP contribution is -2.38. The minimum absolute atomic E-state index is 0.0468. The number of rotatable bonds is 2. The van der Waals surface area contributed by atoms with Crippen LogP contribution in [0.3, 0.4) is 0 Å². The average molecular weight is 336 g/mol. The van der Waals surface area contributed by atoms with Crippen LogP contribution in [0.2, 0.25) is 0 Å². The highest BCUT2D eigenvalue weighted by Gasteiger charge is 2.27. The van der Waals surface area contributed by atoms with Crippen LogP contribution in [0.1, 0.15) is 11.4 Å². The molecule has 0 unspecified atom stereocenters. The van der Waals surface area contributed by atoms with E-state index < -0.39 is 0 Å². The van der Waals surface area contributed by atoms with E-state index in [1.54, 1.807) is 9.58 Å². The van der Waals surface area contributed by atoms with Gasteiger partial charge in [-0.05, 0) is 35.0 Å². The standard InChI is InChI=1S/C14H14BrN3O2/c1-9-14(15)11(17(2)16-9)7-18-10-5-3-4-6-12(10)20-8-13(18)19/h3-6H,7-8H2,1-2H3. The maximum absolute atomic E-state index is 12.1. The molecule has 2 heterocycles. The Morgan fingerprint density at radius 3 is 2.85 bits per heavy atom. The first-order valence-corrected chi connectivity index (χ1v) is 7.07. The number of anilines is 1. The SMILES string of the molecule is Cc1nn(C)c(CN2C(=O)COc3ccccc32)c1Br. The van der Waals surface area contributed by atoms with Gasteiger partial charge in [0.25, 0.3) is 5.91 Å². The summed E-state index contributed by atoms with van der Waals surface area (Å²) in [6.45, 7) is 2.48. The number of para-hydroxylation sites is 2. The van der Waals surface area contributed by atoms with Crippen molar-refractivity contribution in [2.24, 2.45) is 7.05 Å². The number of fused-ring (bicyclic) bond motifs is 1. The molecule has 0 bridgehead atoms. The van der Waals surface area contributed by atoms with Crippen molar-refractivity contribution in [1.82, 2.24) is 9.78 Å². The van der Waals surface area contributed by atoms with Crippen LogP contribution in [-0.4, -0.2) is 22.3 Å². The van der Waals surface area contributed by atoms with Gasteiger partial charge in [-0.2, -0.15) is 5.10 Å². The van der Waals surface area contributed by atoms with E-state index in [-0.39, 0.29) is 12.5 Å². The lowest BCUT2D eigenvalue weighted by Gasteiger charge is -2.29. The molecule has 5 nitrogen and oxygen atoms in total. The van der Waals surface area contributed by atoms with Gasteiger partial charge in [-0.15, -0.1) is 0 Å². The molecule has 0 atom stereocenters. The van der Waals surface area contributed by atoms with Crippen molar-refractivity contribution in [3.05, 3.63) is 40.1 Å². The smallest absolute Gasteiger partial charge is 0.265 e. The zero-order valence-corrected chi connectivity index (χ0v) is 12.8. The Morgan fingerprint density at radius 1 is 1.40 bits per heavy atom. The molecule has 1 amide bonds. The Balaban J connectivity index is 2.00. The topological polar surface area (TPSA) is 47.4 Å². The molecule has 0 spiro atoms. The van der Waals surface area contributed by atoms with Gasteiger partial charge in [0.1, 0.15) is 5.75 Å². The van der Waals surface area contributed by atoms with Gasteiger partial charge in [0.2, 0.25) is 0 Å². The summed E-state index contributed by atoms with van der Waals surface area (Å²) in [7, 11) is 1.88. The molecule has 2 aromatic rings. The molecule has 0 fully saturated rings. The van der Waals surface area contributed by atoms with E-state index in [9.17, 15) is 4.79 Å². The quantitative estimate of drug-likeness (QED) is 0.846. The summed E-state index contributed by atoms with van der Waals surface area (Å²) in [5.41, 5.74) is 2.68. The lowest BCUT2D eigenvalue weighted by atomic mass is 10.2. The van der Waals surface area contributed by atoms with Gasteiger partial charge in [0, 0.05) is 7.05 Å². The van der Waals surface area contributed by atoms with Crippen molar-refractivity contribution in [3.63, 3.8) is 0 Å². The van der Waals surface area contributed by atoms with E-state index in [0.717, 1.165) is 27.3 Å². The molecule has 20 heavy (non-hydrogen) atoms. The fraction of sp³-hybridized carbons (Fsp3) is 0.286. The third kappa shape index (κ3) is 2.10. The maximum Gasteiger partial charge on any atom is 0.265 e. The van der Waals surface area contributed by atoms with E-state index in [1.807, 2.05) is 38.2 Å². The van der Waals surface area contributed by atoms with Crippen LogP contribution in [0.4, 0.5) is 5.69 Å². The number of amides is 1. The van der Waals surface area contributed by atoms with Gasteiger partial charge in [-0.1, -0.05) is 12.1 Å². The third-order valence-electron chi connectivity index (χ3n) is 3.38. The molecule has 0 radical (unpaired) electrons. The van der Waals surface area contributed by atoms with Gasteiger partial charge >= 0.3 is 0 Å². The first-order valence-electron chi connectivity index (χ1n) is 6.28. The molecule has 104 valence electrons. The number of benzene rings is 1. The third-order valence-corrected chi connectivity index (χ3v) is 4.41. The first-order chi connectivity index (χ1) is 9.58. The number of carbonyl (C=O) groups is 1. The minimum atomic E-state index is -0.0468. The van der Waals surface area contributed by atoms with Gasteiger partial charge in [-0.3, -0.25) is 14.4 Å². The van der Waals surface area contributed by atoms with Crippen LogP contribution < -0.4 is 9.64 Å². The highest BCUT2D eigenvalue weighted by atomic mass is 79.9. The van der Waals surface area contributed by atoms with Crippen molar-refractivity contribution >= 4 is 27.5 Å². The Bertz CT molecular complexity index is 681. The van der Waals surface area contributed by atoms with Crippen molar-refractivity contribution < 1.29 is 9.53 Å². The Morgan fingerprint density at radius 2 is 2.15 bits per heavy atom. The summed E-state index contributed by atoms with van der Waals surface area (Å²) >= 11 is 3.54. The summed E-state index contributed by atoms with van der Waals surface area (Å²) in [5, 5.41) is 4.36. The normalized spacial score (nSPS) is 14.2. The van der Waals surface area contributed by atoms with Crippen molar-refractivity contribution in [2.45, 2.75) is 13.5 Å². The molecular formula is C14H14BrN3O2. The summed E-state index contributed by atoms with van der Waals surface area (Å²) in [6.07, 6.45) is 0. The predicted octanol–water partition coefficient (Wildman–Crippen LogP) is 2.42. The highest BCUT2D eigenvalue weighted by molar-refractivity contribution is 9.10. The van der Waals surface area contributed by atoms with Crippen LogP contribution in [-0.2, 0) is 18.4 Å². The molecule has 1 aliphatic heterocycles. The number of aryl methyl sites for hydroxylation is 2. The molecule has 1 aromatic carbocycles. The number of hydrogen-bond acceptors (Lipinski definition) is 3. The number of hydrogen-bond donors (Lipinski definition) is 0. The largest absolute Gasteiger partial charge is 0.482 e. The average Bonchev–Trinajstić information content (AvgIpc) is 2.68. The summed E-state index contributed by atoms with van der Waals surface area (Å²) < 4.78 is 8.18. The second-order valence-electron chi connectivity index (χ2n) is 4.71. The minimum Gasteiger partial charge on any atom is -0.482 e.